The molecule has 0 bridgehead atoms. The Balaban J connectivity index is 3.14. The summed E-state index contributed by atoms with van der Waals surface area (Å²) in [6.45, 7) is 3.66. The summed E-state index contributed by atoms with van der Waals surface area (Å²) in [5.74, 6) is -1.75. The molecule has 126 valence electrons. The number of alkyl halides is 1. The lowest BCUT2D eigenvalue weighted by molar-refractivity contribution is -0.293. The van der Waals surface area contributed by atoms with Gasteiger partial charge in [0.05, 0.1) is 0 Å². The lowest BCUT2D eigenvalue weighted by Gasteiger charge is -2.43. The van der Waals surface area contributed by atoms with Gasteiger partial charge in [-0.3, -0.25) is 14.4 Å². The fourth-order valence-electron chi connectivity index (χ4n) is 2.17. The minimum atomic E-state index is -1.03. The molecule has 0 aromatic carbocycles. The third kappa shape index (κ3) is 5.06. The Labute approximate surface area is 141 Å². The largest absolute Gasteiger partial charge is 0.456 e. The number of hydrogen-bond acceptors (Lipinski definition) is 8. The van der Waals surface area contributed by atoms with Crippen LogP contribution in [0.15, 0.2) is 0 Å². The van der Waals surface area contributed by atoms with Crippen LogP contribution in [0.3, 0.4) is 0 Å². The summed E-state index contributed by atoms with van der Waals surface area (Å²) >= 11 is 2.05. The average molecular weight is 430 g/mol. The van der Waals surface area contributed by atoms with E-state index < -0.39 is 48.6 Å². The first-order chi connectivity index (χ1) is 10.3. The minimum absolute atomic E-state index is 0.458. The van der Waals surface area contributed by atoms with E-state index in [4.69, 9.17) is 23.7 Å². The van der Waals surface area contributed by atoms with Crippen molar-refractivity contribution in [2.24, 2.45) is 0 Å². The van der Waals surface area contributed by atoms with Gasteiger partial charge in [-0.1, -0.05) is 22.6 Å². The zero-order valence-electron chi connectivity index (χ0n) is 12.7. The Bertz CT molecular complexity index is 396. The molecule has 1 aliphatic heterocycles. The monoisotopic (exact) mass is 430 g/mol. The second-order valence-corrected chi connectivity index (χ2v) is 5.54. The van der Waals surface area contributed by atoms with Crippen LogP contribution in [0, 0.1) is 0 Å². The highest BCUT2D eigenvalue weighted by atomic mass is 127. The Morgan fingerprint density at radius 3 is 1.77 bits per heavy atom. The van der Waals surface area contributed by atoms with Gasteiger partial charge in [0.2, 0.25) is 0 Å². The van der Waals surface area contributed by atoms with Crippen LogP contribution < -0.4 is 0 Å². The molecule has 0 spiro atoms. The first-order valence-electron chi connectivity index (χ1n) is 6.56. The second kappa shape index (κ2) is 8.63. The van der Waals surface area contributed by atoms with Crippen LogP contribution >= 0.6 is 22.6 Å². The molecular formula is C13H19IO8. The Morgan fingerprint density at radius 2 is 1.36 bits per heavy atom. The van der Waals surface area contributed by atoms with Gasteiger partial charge in [-0.05, 0) is 0 Å². The van der Waals surface area contributed by atoms with Crippen molar-refractivity contribution in [3.63, 3.8) is 0 Å². The highest BCUT2D eigenvalue weighted by Crippen LogP contribution is 2.30. The molecule has 0 unspecified atom stereocenters. The normalized spacial score (nSPS) is 31.2. The van der Waals surface area contributed by atoms with Crippen LogP contribution in [0.1, 0.15) is 20.8 Å². The molecule has 0 aliphatic carbocycles. The van der Waals surface area contributed by atoms with Crippen molar-refractivity contribution in [1.82, 2.24) is 0 Å². The summed E-state index contributed by atoms with van der Waals surface area (Å²) in [5.41, 5.74) is 0. The lowest BCUT2D eigenvalue weighted by Crippen LogP contribution is -2.62. The van der Waals surface area contributed by atoms with Crippen LogP contribution in [-0.2, 0) is 38.1 Å². The van der Waals surface area contributed by atoms with E-state index in [2.05, 4.69) is 22.6 Å². The van der Waals surface area contributed by atoms with E-state index >= 15 is 0 Å². The average Bonchev–Trinajstić information content (AvgIpc) is 2.41. The van der Waals surface area contributed by atoms with Crippen molar-refractivity contribution in [1.29, 1.82) is 0 Å². The first-order valence-corrected chi connectivity index (χ1v) is 8.08. The zero-order chi connectivity index (χ0) is 16.9. The fourth-order valence-corrected chi connectivity index (χ4v) is 2.88. The van der Waals surface area contributed by atoms with Gasteiger partial charge in [-0.15, -0.1) is 0 Å². The van der Waals surface area contributed by atoms with E-state index in [1.165, 1.54) is 27.9 Å². The molecular weight excluding hydrogens is 411 g/mol. The van der Waals surface area contributed by atoms with Gasteiger partial charge in [0.1, 0.15) is 6.10 Å². The molecule has 1 fully saturated rings. The van der Waals surface area contributed by atoms with Crippen molar-refractivity contribution in [3.05, 3.63) is 0 Å². The van der Waals surface area contributed by atoms with Crippen molar-refractivity contribution in [2.45, 2.75) is 51.5 Å². The molecule has 8 nitrogen and oxygen atoms in total. The molecule has 22 heavy (non-hydrogen) atoms. The smallest absolute Gasteiger partial charge is 0.303 e. The predicted molar refractivity (Wildman–Crippen MR) is 81.2 cm³/mol. The predicted octanol–water partition coefficient (Wildman–Crippen LogP) is 0.588. The van der Waals surface area contributed by atoms with Crippen LogP contribution in [0.5, 0.6) is 0 Å². The van der Waals surface area contributed by atoms with Crippen LogP contribution in [-0.4, -0.2) is 60.2 Å². The summed E-state index contributed by atoms with van der Waals surface area (Å²) in [7, 11) is 1.38. The Hall–Kier alpha value is -0.940. The molecule has 0 amide bonds. The number of hydrogen-bond donors (Lipinski definition) is 0. The number of ether oxygens (including phenoxy) is 5. The third-order valence-electron chi connectivity index (χ3n) is 2.88. The van der Waals surface area contributed by atoms with Crippen LogP contribution in [0.2, 0.25) is 0 Å². The molecule has 1 saturated heterocycles. The third-order valence-corrected chi connectivity index (χ3v) is 3.75. The summed E-state index contributed by atoms with van der Waals surface area (Å²) in [6.07, 6.45) is -4.43. The second-order valence-electron chi connectivity index (χ2n) is 4.66. The SMILES string of the molecule is CO[C@H]1O[C@H](CI)[C@H](OC(C)=O)[C@@H](OC(C)=O)[C@H]1OC(C)=O. The highest BCUT2D eigenvalue weighted by molar-refractivity contribution is 14.1. The van der Waals surface area contributed by atoms with Crippen molar-refractivity contribution in [3.8, 4) is 0 Å². The number of halogens is 1. The van der Waals surface area contributed by atoms with Gasteiger partial charge < -0.3 is 23.7 Å². The molecule has 9 heteroatoms. The molecule has 5 atom stereocenters. The molecule has 0 saturated carbocycles. The van der Waals surface area contributed by atoms with Crippen LogP contribution in [0.25, 0.3) is 0 Å². The minimum Gasteiger partial charge on any atom is -0.456 e. The number of carbonyl (C=O) groups is 3. The highest BCUT2D eigenvalue weighted by Gasteiger charge is 2.51. The number of rotatable bonds is 5. The van der Waals surface area contributed by atoms with E-state index in [0.717, 1.165) is 0 Å². The molecule has 1 aliphatic rings. The maximum Gasteiger partial charge on any atom is 0.303 e. The van der Waals surface area contributed by atoms with Gasteiger partial charge >= 0.3 is 17.9 Å². The molecule has 1 rings (SSSR count). The maximum absolute atomic E-state index is 11.4. The number of methoxy groups -OCH3 is 1. The summed E-state index contributed by atoms with van der Waals surface area (Å²) in [5, 5.41) is 0. The van der Waals surface area contributed by atoms with Gasteiger partial charge in [-0.2, -0.15) is 0 Å². The molecule has 0 aromatic heterocycles. The topological polar surface area (TPSA) is 97.4 Å². The summed E-state index contributed by atoms with van der Waals surface area (Å²) in [6, 6.07) is 0. The van der Waals surface area contributed by atoms with Crippen molar-refractivity contribution >= 4 is 40.5 Å². The quantitative estimate of drug-likeness (QED) is 0.271. The summed E-state index contributed by atoms with van der Waals surface area (Å²) < 4.78 is 26.9. The molecule has 0 aromatic rings. The molecule has 0 N–H and O–H groups in total. The summed E-state index contributed by atoms with van der Waals surface area (Å²) in [4.78, 5) is 34.0. The van der Waals surface area contributed by atoms with Gasteiger partial charge in [0, 0.05) is 32.3 Å². The van der Waals surface area contributed by atoms with Crippen LogP contribution in [0.4, 0.5) is 0 Å². The van der Waals surface area contributed by atoms with Crippen molar-refractivity contribution in [2.75, 3.05) is 11.5 Å². The number of esters is 3. The molecule has 1 heterocycles. The lowest BCUT2D eigenvalue weighted by atomic mass is 9.99. The Morgan fingerprint density at radius 1 is 0.909 bits per heavy atom. The van der Waals surface area contributed by atoms with Gasteiger partial charge in [-0.25, -0.2) is 0 Å². The van der Waals surface area contributed by atoms with E-state index in [1.54, 1.807) is 0 Å². The zero-order valence-corrected chi connectivity index (χ0v) is 14.9. The number of carbonyl (C=O) groups excluding carboxylic acids is 3. The van der Waals surface area contributed by atoms with Crippen molar-refractivity contribution < 1.29 is 38.1 Å². The first kappa shape index (κ1) is 19.1. The Kier molecular flexibility index (Phi) is 7.49. The van der Waals surface area contributed by atoms with E-state index in [-0.39, 0.29) is 0 Å². The van der Waals surface area contributed by atoms with E-state index in [9.17, 15) is 14.4 Å². The van der Waals surface area contributed by atoms with E-state index in [1.807, 2.05) is 0 Å². The van der Waals surface area contributed by atoms with Gasteiger partial charge in [0.15, 0.2) is 24.6 Å². The van der Waals surface area contributed by atoms with E-state index in [0.29, 0.717) is 4.43 Å². The standard InChI is InChI=1S/C13H19IO8/c1-6(15)19-10-9(5-14)22-13(18-4)12(21-8(3)17)11(10)20-7(2)16/h9-13H,5H2,1-4H3/t9-,10+,11-,12-,13+/m1/s1. The van der Waals surface area contributed by atoms with Gasteiger partial charge in [0.25, 0.3) is 0 Å². The molecule has 0 radical (unpaired) electrons. The fraction of sp³-hybridized carbons (Fsp3) is 0.769. The maximum atomic E-state index is 11.4.